The third kappa shape index (κ3) is 4.08. The van der Waals surface area contributed by atoms with E-state index in [1.807, 2.05) is 0 Å². The first kappa shape index (κ1) is 12.5. The molecule has 0 bridgehead atoms. The van der Waals surface area contributed by atoms with Gasteiger partial charge in [-0.2, -0.15) is 5.10 Å². The van der Waals surface area contributed by atoms with Crippen LogP contribution in [0.1, 0.15) is 25.6 Å². The van der Waals surface area contributed by atoms with Crippen LogP contribution in [0, 0.1) is 0 Å². The molecule has 2 rings (SSSR count). The fourth-order valence-electron chi connectivity index (χ4n) is 1.42. The lowest BCUT2D eigenvalue weighted by molar-refractivity contribution is 0.577. The molecular formula is C10H18N4O2S. The van der Waals surface area contributed by atoms with Gasteiger partial charge in [0, 0.05) is 11.8 Å². The Bertz CT molecular complexity index is 464. The largest absolute Gasteiger partial charge is 0.307 e. The normalized spacial score (nSPS) is 16.3. The summed E-state index contributed by atoms with van der Waals surface area (Å²) in [4.78, 5) is 4.14. The van der Waals surface area contributed by atoms with Crippen molar-refractivity contribution in [2.45, 2.75) is 38.9 Å². The molecule has 1 heterocycles. The fraction of sp³-hybridized carbons (Fsp3) is 0.800. The molecule has 0 saturated heterocycles. The molecule has 1 saturated carbocycles. The SMILES string of the molecule is CCS(=O)(=O)CCn1cnc(CNC2CC2)n1. The lowest BCUT2D eigenvalue weighted by Gasteiger charge is -2.01. The van der Waals surface area contributed by atoms with Crippen LogP contribution in [0.3, 0.4) is 0 Å². The Morgan fingerprint density at radius 3 is 2.94 bits per heavy atom. The first-order chi connectivity index (χ1) is 8.09. The molecule has 0 atom stereocenters. The van der Waals surface area contributed by atoms with Gasteiger partial charge in [0.05, 0.1) is 18.8 Å². The predicted molar refractivity (Wildman–Crippen MR) is 64.2 cm³/mol. The highest BCUT2D eigenvalue weighted by atomic mass is 32.2. The molecule has 1 aromatic heterocycles. The van der Waals surface area contributed by atoms with Gasteiger partial charge in [-0.15, -0.1) is 0 Å². The van der Waals surface area contributed by atoms with Crippen molar-refractivity contribution in [2.24, 2.45) is 0 Å². The standard InChI is InChI=1S/C10H18N4O2S/c1-2-17(15,16)6-5-14-8-12-10(13-14)7-11-9-3-4-9/h8-9,11H,2-7H2,1H3. The molecule has 6 nitrogen and oxygen atoms in total. The van der Waals surface area contributed by atoms with Crippen molar-refractivity contribution in [1.82, 2.24) is 20.1 Å². The molecule has 1 aliphatic carbocycles. The minimum absolute atomic E-state index is 0.127. The Hall–Kier alpha value is -0.950. The van der Waals surface area contributed by atoms with Gasteiger partial charge in [-0.1, -0.05) is 6.92 Å². The number of rotatable bonds is 7. The van der Waals surface area contributed by atoms with Crippen molar-refractivity contribution >= 4 is 9.84 Å². The summed E-state index contributed by atoms with van der Waals surface area (Å²) in [5, 5.41) is 7.54. The summed E-state index contributed by atoms with van der Waals surface area (Å²) in [6, 6.07) is 0.627. The lowest BCUT2D eigenvalue weighted by Crippen LogP contribution is -2.17. The summed E-state index contributed by atoms with van der Waals surface area (Å²) in [6.07, 6.45) is 4.06. The second kappa shape index (κ2) is 5.14. The minimum atomic E-state index is -2.93. The summed E-state index contributed by atoms with van der Waals surface area (Å²) < 4.78 is 24.3. The zero-order valence-electron chi connectivity index (χ0n) is 9.96. The monoisotopic (exact) mass is 258 g/mol. The van der Waals surface area contributed by atoms with Crippen LogP contribution in [0.2, 0.25) is 0 Å². The summed E-state index contributed by atoms with van der Waals surface area (Å²) in [7, 11) is -2.93. The van der Waals surface area contributed by atoms with Crippen molar-refractivity contribution in [1.29, 1.82) is 0 Å². The first-order valence-electron chi connectivity index (χ1n) is 5.91. The number of aromatic nitrogens is 3. The zero-order valence-corrected chi connectivity index (χ0v) is 10.8. The van der Waals surface area contributed by atoms with E-state index in [2.05, 4.69) is 15.4 Å². The molecule has 0 unspecified atom stereocenters. The third-order valence-electron chi connectivity index (χ3n) is 2.78. The summed E-state index contributed by atoms with van der Waals surface area (Å²) in [5.41, 5.74) is 0. The molecule has 0 aromatic carbocycles. The molecule has 0 spiro atoms. The number of aryl methyl sites for hydroxylation is 1. The number of hydrogen-bond donors (Lipinski definition) is 1. The zero-order chi connectivity index (χ0) is 12.3. The van der Waals surface area contributed by atoms with Crippen LogP contribution in [-0.4, -0.2) is 40.7 Å². The van der Waals surface area contributed by atoms with Crippen molar-refractivity contribution in [3.8, 4) is 0 Å². The van der Waals surface area contributed by atoms with E-state index in [9.17, 15) is 8.42 Å². The first-order valence-corrected chi connectivity index (χ1v) is 7.73. The van der Waals surface area contributed by atoms with Crippen LogP contribution in [-0.2, 0) is 22.9 Å². The maximum absolute atomic E-state index is 11.3. The van der Waals surface area contributed by atoms with E-state index in [0.717, 1.165) is 5.82 Å². The molecule has 17 heavy (non-hydrogen) atoms. The molecule has 1 aliphatic rings. The van der Waals surface area contributed by atoms with Gasteiger partial charge in [-0.05, 0) is 12.8 Å². The van der Waals surface area contributed by atoms with E-state index in [0.29, 0.717) is 19.1 Å². The second-order valence-corrected chi connectivity index (χ2v) is 6.79. The molecule has 7 heteroatoms. The van der Waals surface area contributed by atoms with Crippen molar-refractivity contribution in [3.63, 3.8) is 0 Å². The van der Waals surface area contributed by atoms with E-state index in [1.165, 1.54) is 12.8 Å². The Morgan fingerprint density at radius 2 is 2.29 bits per heavy atom. The Balaban J connectivity index is 1.80. The van der Waals surface area contributed by atoms with E-state index in [4.69, 9.17) is 0 Å². The van der Waals surface area contributed by atoms with Crippen LogP contribution in [0.15, 0.2) is 6.33 Å². The molecule has 0 aliphatic heterocycles. The second-order valence-electron chi connectivity index (χ2n) is 4.32. The van der Waals surface area contributed by atoms with Crippen LogP contribution < -0.4 is 5.32 Å². The minimum Gasteiger partial charge on any atom is -0.307 e. The van der Waals surface area contributed by atoms with E-state index in [1.54, 1.807) is 17.9 Å². The Morgan fingerprint density at radius 1 is 1.53 bits per heavy atom. The van der Waals surface area contributed by atoms with Crippen molar-refractivity contribution in [3.05, 3.63) is 12.2 Å². The number of nitrogens with zero attached hydrogens (tertiary/aromatic N) is 3. The molecule has 0 amide bonds. The van der Waals surface area contributed by atoms with E-state index >= 15 is 0 Å². The molecule has 0 radical (unpaired) electrons. The number of hydrogen-bond acceptors (Lipinski definition) is 5. The Kier molecular flexibility index (Phi) is 3.78. The van der Waals surface area contributed by atoms with Gasteiger partial charge >= 0.3 is 0 Å². The quantitative estimate of drug-likeness (QED) is 0.743. The average molecular weight is 258 g/mol. The number of sulfone groups is 1. The number of nitrogens with one attached hydrogen (secondary N) is 1. The molecule has 1 fully saturated rings. The molecule has 96 valence electrons. The van der Waals surface area contributed by atoms with Gasteiger partial charge in [-0.25, -0.2) is 13.4 Å². The Labute approximate surface area is 101 Å². The van der Waals surface area contributed by atoms with Crippen molar-refractivity contribution in [2.75, 3.05) is 11.5 Å². The third-order valence-corrected chi connectivity index (χ3v) is 4.47. The smallest absolute Gasteiger partial charge is 0.164 e. The van der Waals surface area contributed by atoms with Gasteiger partial charge in [0.2, 0.25) is 0 Å². The van der Waals surface area contributed by atoms with Gasteiger partial charge in [0.25, 0.3) is 0 Å². The maximum Gasteiger partial charge on any atom is 0.164 e. The maximum atomic E-state index is 11.3. The van der Waals surface area contributed by atoms with Crippen LogP contribution in [0.4, 0.5) is 0 Å². The molecule has 1 aromatic rings. The lowest BCUT2D eigenvalue weighted by atomic mass is 10.5. The highest BCUT2D eigenvalue weighted by Crippen LogP contribution is 2.18. The molecule has 1 N–H and O–H groups in total. The van der Waals surface area contributed by atoms with E-state index < -0.39 is 9.84 Å². The van der Waals surface area contributed by atoms with E-state index in [-0.39, 0.29) is 11.5 Å². The van der Waals surface area contributed by atoms with Gasteiger partial charge in [0.15, 0.2) is 15.7 Å². The van der Waals surface area contributed by atoms with Gasteiger partial charge in [-0.3, -0.25) is 4.68 Å². The summed E-state index contributed by atoms with van der Waals surface area (Å²) in [6.45, 7) is 2.70. The van der Waals surface area contributed by atoms with Crippen LogP contribution in [0.25, 0.3) is 0 Å². The van der Waals surface area contributed by atoms with Crippen LogP contribution in [0.5, 0.6) is 0 Å². The van der Waals surface area contributed by atoms with Gasteiger partial charge in [0.1, 0.15) is 6.33 Å². The topological polar surface area (TPSA) is 76.9 Å². The fourth-order valence-corrected chi connectivity index (χ4v) is 2.18. The summed E-state index contributed by atoms with van der Waals surface area (Å²) in [5.74, 6) is 1.03. The predicted octanol–water partition coefficient (Wildman–Crippen LogP) is -0.0352. The highest BCUT2D eigenvalue weighted by molar-refractivity contribution is 7.91. The van der Waals surface area contributed by atoms with Crippen molar-refractivity contribution < 1.29 is 8.42 Å². The van der Waals surface area contributed by atoms with Gasteiger partial charge < -0.3 is 5.32 Å². The van der Waals surface area contributed by atoms with Crippen LogP contribution >= 0.6 is 0 Å². The molecular weight excluding hydrogens is 240 g/mol. The highest BCUT2D eigenvalue weighted by Gasteiger charge is 2.20. The summed E-state index contributed by atoms with van der Waals surface area (Å²) >= 11 is 0. The average Bonchev–Trinajstić information content (AvgIpc) is 3.03.